The molecule has 7 nitrogen and oxygen atoms in total. The zero-order valence-electron chi connectivity index (χ0n) is 11.3. The van der Waals surface area contributed by atoms with Crippen LogP contribution in [0.4, 0.5) is 0 Å². The predicted octanol–water partition coefficient (Wildman–Crippen LogP) is -0.787. The van der Waals surface area contributed by atoms with E-state index < -0.39 is 50.3 Å². The van der Waals surface area contributed by atoms with Gasteiger partial charge in [0.2, 0.25) is 0 Å². The van der Waals surface area contributed by atoms with Crippen LogP contribution in [-0.2, 0) is 28.5 Å². The van der Waals surface area contributed by atoms with Gasteiger partial charge in [0.15, 0.2) is 12.4 Å². The van der Waals surface area contributed by atoms with E-state index in [2.05, 4.69) is 4.74 Å². The van der Waals surface area contributed by atoms with Gasteiger partial charge in [-0.1, -0.05) is 0 Å². The minimum Gasteiger partial charge on any atom is -0.463 e. The van der Waals surface area contributed by atoms with Crippen LogP contribution in [0.3, 0.4) is 0 Å². The molecule has 1 unspecified atom stereocenters. The molecule has 0 saturated carbocycles. The maximum atomic E-state index is 11.1. The van der Waals surface area contributed by atoms with Crippen molar-refractivity contribution in [2.24, 2.45) is 0 Å². The van der Waals surface area contributed by atoms with Crippen molar-refractivity contribution < 1.29 is 36.4 Å². The molecule has 1 rings (SSSR count). The van der Waals surface area contributed by atoms with Crippen LogP contribution in [0.25, 0.3) is 0 Å². The van der Waals surface area contributed by atoms with Gasteiger partial charge in [-0.2, -0.15) is 0 Å². The van der Waals surface area contributed by atoms with Crippen molar-refractivity contribution in [2.75, 3.05) is 13.7 Å². The van der Waals surface area contributed by atoms with Gasteiger partial charge in [-0.3, -0.25) is 9.59 Å². The lowest BCUT2D eigenvalue weighted by Crippen LogP contribution is -2.38. The van der Waals surface area contributed by atoms with Crippen molar-refractivity contribution in [3.63, 3.8) is 0 Å². The van der Waals surface area contributed by atoms with E-state index >= 15 is 0 Å². The Morgan fingerprint density at radius 2 is 2.12 bits per heavy atom. The molecule has 0 bridgehead atoms. The van der Waals surface area contributed by atoms with E-state index in [1.807, 2.05) is 0 Å². The number of carbonyl (C=O) groups is 2. The molecule has 1 aliphatic heterocycles. The Hall–Kier alpha value is -1.18. The Labute approximate surface area is 101 Å². The standard InChI is InChI=1S/C10H16O7/c1-5(11)15-4-7-8(13)9(16-6(2)12)10(14-3)17-7/h7-10,13H,4H2,1-3H3/t7-,8-,9+,10?/m1/s1/i1D,2D. The first-order valence-electron chi connectivity index (χ1n) is 6.24. The van der Waals surface area contributed by atoms with Gasteiger partial charge in [0, 0.05) is 23.7 Å². The van der Waals surface area contributed by atoms with Crippen LogP contribution in [0.5, 0.6) is 0 Å². The van der Waals surface area contributed by atoms with Crippen LogP contribution in [-0.4, -0.2) is 55.4 Å². The van der Waals surface area contributed by atoms with Crippen LogP contribution in [0.15, 0.2) is 0 Å². The van der Waals surface area contributed by atoms with Gasteiger partial charge < -0.3 is 24.1 Å². The fraction of sp³-hybridized carbons (Fsp3) is 0.800. The average molecular weight is 250 g/mol. The summed E-state index contributed by atoms with van der Waals surface area (Å²) < 4.78 is 33.3. The normalized spacial score (nSPS) is 33.8. The minimum atomic E-state index is -1.24. The van der Waals surface area contributed by atoms with E-state index in [9.17, 15) is 14.7 Å². The Kier molecular flexibility index (Phi) is 3.83. The van der Waals surface area contributed by atoms with Crippen LogP contribution >= 0.6 is 0 Å². The second-order valence-electron chi connectivity index (χ2n) is 3.41. The smallest absolute Gasteiger partial charge is 0.303 e. The summed E-state index contributed by atoms with van der Waals surface area (Å²) in [7, 11) is 1.30. The number of aliphatic hydroxyl groups excluding tert-OH is 1. The van der Waals surface area contributed by atoms with E-state index in [-0.39, 0.29) is 6.61 Å². The van der Waals surface area contributed by atoms with E-state index in [1.165, 1.54) is 7.11 Å². The molecule has 1 fully saturated rings. The third-order valence-corrected chi connectivity index (χ3v) is 2.20. The number of ether oxygens (including phenoxy) is 4. The second-order valence-corrected chi connectivity index (χ2v) is 3.41. The molecule has 0 amide bonds. The molecule has 0 aromatic rings. The molecule has 98 valence electrons. The summed E-state index contributed by atoms with van der Waals surface area (Å²) in [5.41, 5.74) is 0. The fourth-order valence-electron chi connectivity index (χ4n) is 1.48. The number of aliphatic hydroxyl groups is 1. The molecule has 0 aromatic heterocycles. The van der Waals surface area contributed by atoms with Crippen LogP contribution < -0.4 is 0 Å². The lowest BCUT2D eigenvalue weighted by atomic mass is 10.1. The number of hydrogen-bond donors (Lipinski definition) is 1. The number of hydrogen-bond acceptors (Lipinski definition) is 7. The Balaban J connectivity index is 2.58. The molecular formula is C10H16O7. The highest BCUT2D eigenvalue weighted by Gasteiger charge is 2.46. The largest absolute Gasteiger partial charge is 0.463 e. The van der Waals surface area contributed by atoms with Crippen LogP contribution in [0.1, 0.15) is 16.5 Å². The zero-order valence-corrected chi connectivity index (χ0v) is 9.33. The molecule has 7 heteroatoms. The molecule has 0 radical (unpaired) electrons. The van der Waals surface area contributed by atoms with Gasteiger partial charge in [-0.05, 0) is 0 Å². The topological polar surface area (TPSA) is 91.3 Å². The molecular weight excluding hydrogens is 232 g/mol. The molecule has 0 aromatic carbocycles. The lowest BCUT2D eigenvalue weighted by molar-refractivity contribution is -0.180. The Morgan fingerprint density at radius 3 is 2.71 bits per heavy atom. The van der Waals surface area contributed by atoms with Crippen LogP contribution in [0, 0.1) is 0 Å². The van der Waals surface area contributed by atoms with Gasteiger partial charge in [0.05, 0.1) is 0 Å². The molecule has 1 aliphatic rings. The first-order valence-corrected chi connectivity index (χ1v) is 4.83. The summed E-state index contributed by atoms with van der Waals surface area (Å²) in [6.45, 7) is -1.39. The summed E-state index contributed by atoms with van der Waals surface area (Å²) in [6, 6.07) is 0. The van der Waals surface area contributed by atoms with E-state index in [0.717, 1.165) is 0 Å². The third kappa shape index (κ3) is 3.65. The molecule has 1 saturated heterocycles. The first-order chi connectivity index (χ1) is 9.03. The van der Waals surface area contributed by atoms with Crippen molar-refractivity contribution in [1.82, 2.24) is 0 Å². The molecule has 0 aliphatic carbocycles. The first kappa shape index (κ1) is 10.9. The second kappa shape index (κ2) is 5.95. The summed E-state index contributed by atoms with van der Waals surface area (Å²) in [4.78, 5) is 21.9. The highest BCUT2D eigenvalue weighted by Crippen LogP contribution is 2.25. The van der Waals surface area contributed by atoms with Gasteiger partial charge in [0.1, 0.15) is 18.8 Å². The fourth-order valence-corrected chi connectivity index (χ4v) is 1.48. The number of rotatable bonds is 4. The zero-order chi connectivity index (χ0) is 14.4. The highest BCUT2D eigenvalue weighted by molar-refractivity contribution is 5.66. The Morgan fingerprint density at radius 1 is 1.41 bits per heavy atom. The SMILES string of the molecule is [2H]CC(=O)OC[C@H]1OC(OC)[C@@H](OC(=O)C[2H])[C@@H]1O. The number of methoxy groups -OCH3 is 1. The van der Waals surface area contributed by atoms with Crippen molar-refractivity contribution in [3.05, 3.63) is 0 Å². The molecule has 1 N–H and O–H groups in total. The highest BCUT2D eigenvalue weighted by atomic mass is 16.7. The van der Waals surface area contributed by atoms with Gasteiger partial charge in [0.25, 0.3) is 0 Å². The maximum absolute atomic E-state index is 11.1. The van der Waals surface area contributed by atoms with Gasteiger partial charge in [-0.25, -0.2) is 0 Å². The number of esters is 2. The predicted molar refractivity (Wildman–Crippen MR) is 53.9 cm³/mol. The summed E-state index contributed by atoms with van der Waals surface area (Å²) >= 11 is 0. The van der Waals surface area contributed by atoms with Crippen molar-refractivity contribution >= 4 is 11.9 Å². The molecule has 1 heterocycles. The third-order valence-electron chi connectivity index (χ3n) is 2.20. The summed E-state index contributed by atoms with van der Waals surface area (Å²) in [5, 5.41) is 9.90. The van der Waals surface area contributed by atoms with Gasteiger partial charge in [-0.15, -0.1) is 0 Å². The van der Waals surface area contributed by atoms with Gasteiger partial charge >= 0.3 is 11.9 Å². The summed E-state index contributed by atoms with van der Waals surface area (Å²) in [6.07, 6.45) is -4.23. The lowest BCUT2D eigenvalue weighted by Gasteiger charge is -2.18. The van der Waals surface area contributed by atoms with Crippen LogP contribution in [0.2, 0.25) is 0 Å². The van der Waals surface area contributed by atoms with E-state index in [0.29, 0.717) is 0 Å². The average Bonchev–Trinajstić information content (AvgIpc) is 2.72. The number of carbonyl (C=O) groups excluding carboxylic acids is 2. The van der Waals surface area contributed by atoms with Crippen molar-refractivity contribution in [3.8, 4) is 0 Å². The van der Waals surface area contributed by atoms with E-state index in [4.69, 9.17) is 17.0 Å². The molecule has 4 atom stereocenters. The quantitative estimate of drug-likeness (QED) is 0.654. The molecule has 0 spiro atoms. The maximum Gasteiger partial charge on any atom is 0.303 e. The minimum absolute atomic E-state index is 0.270. The summed E-state index contributed by atoms with van der Waals surface area (Å²) in [5.74, 6) is -1.57. The van der Waals surface area contributed by atoms with Crippen molar-refractivity contribution in [1.29, 1.82) is 0 Å². The molecule has 17 heavy (non-hydrogen) atoms. The Bertz CT molecular complexity index is 325. The van der Waals surface area contributed by atoms with E-state index in [1.54, 1.807) is 0 Å². The van der Waals surface area contributed by atoms with Crippen molar-refractivity contribution in [2.45, 2.75) is 38.4 Å². The monoisotopic (exact) mass is 250 g/mol.